The van der Waals surface area contributed by atoms with E-state index in [9.17, 15) is 9.59 Å². The fourth-order valence-corrected chi connectivity index (χ4v) is 2.08. The molecule has 3 rings (SSSR count). The van der Waals surface area contributed by atoms with E-state index in [1.807, 2.05) is 30.3 Å². The molecule has 0 saturated heterocycles. The van der Waals surface area contributed by atoms with Gasteiger partial charge in [-0.1, -0.05) is 24.3 Å². The Kier molecular flexibility index (Phi) is 3.53. The third kappa shape index (κ3) is 2.78. The maximum absolute atomic E-state index is 12.2. The number of fused-ring (bicyclic) bond motifs is 1. The molecule has 1 aromatic heterocycles. The van der Waals surface area contributed by atoms with Crippen LogP contribution in [0, 0.1) is 0 Å². The van der Waals surface area contributed by atoms with Crippen LogP contribution in [0.3, 0.4) is 0 Å². The Morgan fingerprint density at radius 3 is 2.36 bits per heavy atom. The number of nitrogens with zero attached hydrogens (tertiary/aromatic N) is 1. The lowest BCUT2D eigenvalue weighted by atomic mass is 10.2. The number of carbonyl (C=O) groups excluding carboxylic acids is 1. The number of para-hydroxylation sites is 1. The minimum Gasteiger partial charge on any atom is -0.478 e. The third-order valence-electron chi connectivity index (χ3n) is 3.22. The van der Waals surface area contributed by atoms with Crippen LogP contribution in [-0.4, -0.2) is 22.0 Å². The molecule has 0 radical (unpaired) electrons. The van der Waals surface area contributed by atoms with Gasteiger partial charge in [-0.15, -0.1) is 0 Å². The van der Waals surface area contributed by atoms with Crippen molar-refractivity contribution in [3.05, 3.63) is 71.9 Å². The Labute approximate surface area is 126 Å². The van der Waals surface area contributed by atoms with Gasteiger partial charge in [-0.05, 0) is 36.4 Å². The number of benzene rings is 2. The van der Waals surface area contributed by atoms with Crippen molar-refractivity contribution >= 4 is 28.5 Å². The summed E-state index contributed by atoms with van der Waals surface area (Å²) < 4.78 is 0. The second-order valence-electron chi connectivity index (χ2n) is 4.73. The number of pyridine rings is 1. The van der Waals surface area contributed by atoms with Crippen molar-refractivity contribution in [1.29, 1.82) is 0 Å². The summed E-state index contributed by atoms with van der Waals surface area (Å²) in [5.41, 5.74) is 1.74. The molecule has 22 heavy (non-hydrogen) atoms. The Balaban J connectivity index is 1.81. The zero-order chi connectivity index (χ0) is 15.5. The molecule has 0 aliphatic rings. The molecule has 0 fully saturated rings. The Hall–Kier alpha value is -3.21. The lowest BCUT2D eigenvalue weighted by molar-refractivity contribution is 0.0696. The van der Waals surface area contributed by atoms with Crippen LogP contribution in [-0.2, 0) is 0 Å². The van der Waals surface area contributed by atoms with Crippen LogP contribution in [0.15, 0.2) is 60.7 Å². The van der Waals surface area contributed by atoms with Crippen molar-refractivity contribution in [2.24, 2.45) is 0 Å². The average molecular weight is 292 g/mol. The molecule has 0 atom stereocenters. The normalized spacial score (nSPS) is 10.4. The number of aromatic carboxylic acids is 1. The minimum atomic E-state index is -1.01. The number of hydrogen-bond acceptors (Lipinski definition) is 3. The maximum atomic E-state index is 12.2. The van der Waals surface area contributed by atoms with E-state index in [2.05, 4.69) is 10.3 Å². The quantitative estimate of drug-likeness (QED) is 0.777. The van der Waals surface area contributed by atoms with Gasteiger partial charge in [0.2, 0.25) is 0 Å². The highest BCUT2D eigenvalue weighted by molar-refractivity contribution is 6.04. The molecule has 1 amide bonds. The van der Waals surface area contributed by atoms with Gasteiger partial charge in [-0.3, -0.25) is 4.79 Å². The summed E-state index contributed by atoms with van der Waals surface area (Å²) in [7, 11) is 0. The second kappa shape index (κ2) is 5.65. The summed E-state index contributed by atoms with van der Waals surface area (Å²) in [5, 5.41) is 12.5. The van der Waals surface area contributed by atoms with Crippen molar-refractivity contribution in [3.63, 3.8) is 0 Å². The fourth-order valence-electron chi connectivity index (χ4n) is 2.08. The number of anilines is 1. The van der Waals surface area contributed by atoms with E-state index >= 15 is 0 Å². The number of nitrogens with one attached hydrogen (secondary N) is 1. The first-order valence-corrected chi connectivity index (χ1v) is 6.64. The van der Waals surface area contributed by atoms with Crippen molar-refractivity contribution in [3.8, 4) is 0 Å². The zero-order valence-electron chi connectivity index (χ0n) is 11.5. The number of amides is 1. The fraction of sp³-hybridized carbons (Fsp3) is 0. The standard InChI is InChI=1S/C17H12N2O3/c20-16(18-13-8-5-12(6-9-13)17(21)22)15-10-7-11-3-1-2-4-14(11)19-15/h1-10H,(H,18,20)(H,21,22). The van der Waals surface area contributed by atoms with Gasteiger partial charge in [0.25, 0.3) is 5.91 Å². The van der Waals surface area contributed by atoms with Crippen LogP contribution in [0.25, 0.3) is 10.9 Å². The van der Waals surface area contributed by atoms with Crippen LogP contribution in [0.4, 0.5) is 5.69 Å². The van der Waals surface area contributed by atoms with Crippen LogP contribution >= 0.6 is 0 Å². The van der Waals surface area contributed by atoms with Crippen LogP contribution in [0.5, 0.6) is 0 Å². The van der Waals surface area contributed by atoms with Crippen molar-refractivity contribution in [2.45, 2.75) is 0 Å². The van der Waals surface area contributed by atoms with E-state index in [1.54, 1.807) is 18.2 Å². The van der Waals surface area contributed by atoms with E-state index in [1.165, 1.54) is 12.1 Å². The van der Waals surface area contributed by atoms with Gasteiger partial charge in [0.05, 0.1) is 11.1 Å². The third-order valence-corrected chi connectivity index (χ3v) is 3.22. The Morgan fingerprint density at radius 2 is 1.64 bits per heavy atom. The molecular formula is C17H12N2O3. The maximum Gasteiger partial charge on any atom is 0.335 e. The van der Waals surface area contributed by atoms with Gasteiger partial charge < -0.3 is 10.4 Å². The van der Waals surface area contributed by atoms with Crippen LogP contribution in [0.1, 0.15) is 20.8 Å². The predicted molar refractivity (Wildman–Crippen MR) is 83.1 cm³/mol. The number of carboxylic acids is 1. The first-order valence-electron chi connectivity index (χ1n) is 6.64. The highest BCUT2D eigenvalue weighted by Crippen LogP contribution is 2.14. The molecule has 0 spiro atoms. The highest BCUT2D eigenvalue weighted by atomic mass is 16.4. The molecule has 0 aliphatic heterocycles. The number of carbonyl (C=O) groups is 2. The predicted octanol–water partition coefficient (Wildman–Crippen LogP) is 3.19. The van der Waals surface area contributed by atoms with Crippen LogP contribution in [0.2, 0.25) is 0 Å². The number of hydrogen-bond donors (Lipinski definition) is 2. The SMILES string of the molecule is O=C(O)c1ccc(NC(=O)c2ccc3ccccc3n2)cc1. The van der Waals surface area contributed by atoms with Gasteiger partial charge in [-0.2, -0.15) is 0 Å². The summed E-state index contributed by atoms with van der Waals surface area (Å²) in [6.45, 7) is 0. The van der Waals surface area contributed by atoms with Gasteiger partial charge in [0.1, 0.15) is 5.69 Å². The molecule has 2 aromatic carbocycles. The zero-order valence-corrected chi connectivity index (χ0v) is 11.5. The summed E-state index contributed by atoms with van der Waals surface area (Å²) in [6, 6.07) is 17.0. The van der Waals surface area contributed by atoms with Gasteiger partial charge in [-0.25, -0.2) is 9.78 Å². The molecule has 0 aliphatic carbocycles. The largest absolute Gasteiger partial charge is 0.478 e. The summed E-state index contributed by atoms with van der Waals surface area (Å²) in [6.07, 6.45) is 0. The van der Waals surface area contributed by atoms with Gasteiger partial charge in [0.15, 0.2) is 0 Å². The average Bonchev–Trinajstić information content (AvgIpc) is 2.55. The lowest BCUT2D eigenvalue weighted by Gasteiger charge is -2.06. The molecule has 0 unspecified atom stereocenters. The number of aromatic nitrogens is 1. The summed E-state index contributed by atoms with van der Waals surface area (Å²) in [5.74, 6) is -1.34. The molecule has 0 bridgehead atoms. The van der Waals surface area contributed by atoms with E-state index in [0.29, 0.717) is 11.4 Å². The van der Waals surface area contributed by atoms with Gasteiger partial charge in [0, 0.05) is 11.1 Å². The lowest BCUT2D eigenvalue weighted by Crippen LogP contribution is -2.13. The molecule has 108 valence electrons. The minimum absolute atomic E-state index is 0.168. The number of carboxylic acid groups (broad SMARTS) is 1. The molecule has 1 heterocycles. The van der Waals surface area contributed by atoms with Crippen molar-refractivity contribution in [2.75, 3.05) is 5.32 Å². The summed E-state index contributed by atoms with van der Waals surface area (Å²) in [4.78, 5) is 27.3. The molecule has 2 N–H and O–H groups in total. The smallest absolute Gasteiger partial charge is 0.335 e. The monoisotopic (exact) mass is 292 g/mol. The molecule has 3 aromatic rings. The van der Waals surface area contributed by atoms with Gasteiger partial charge >= 0.3 is 5.97 Å². The second-order valence-corrected chi connectivity index (χ2v) is 4.73. The molecule has 0 saturated carbocycles. The van der Waals surface area contributed by atoms with E-state index in [0.717, 1.165) is 10.9 Å². The van der Waals surface area contributed by atoms with Crippen molar-refractivity contribution < 1.29 is 14.7 Å². The first-order chi connectivity index (χ1) is 10.6. The highest BCUT2D eigenvalue weighted by Gasteiger charge is 2.09. The van der Waals surface area contributed by atoms with E-state index in [-0.39, 0.29) is 11.5 Å². The van der Waals surface area contributed by atoms with E-state index < -0.39 is 5.97 Å². The van der Waals surface area contributed by atoms with E-state index in [4.69, 9.17) is 5.11 Å². The first kappa shape index (κ1) is 13.8. The van der Waals surface area contributed by atoms with Crippen LogP contribution < -0.4 is 5.32 Å². The van der Waals surface area contributed by atoms with Crippen molar-refractivity contribution in [1.82, 2.24) is 4.98 Å². The number of rotatable bonds is 3. The molecular weight excluding hydrogens is 280 g/mol. The molecule has 5 heteroatoms. The summed E-state index contributed by atoms with van der Waals surface area (Å²) >= 11 is 0. The Morgan fingerprint density at radius 1 is 0.909 bits per heavy atom. The Bertz CT molecular complexity index is 857. The molecule has 5 nitrogen and oxygen atoms in total. The topological polar surface area (TPSA) is 79.3 Å².